The van der Waals surface area contributed by atoms with Gasteiger partial charge in [-0.05, 0) is 19.1 Å². The van der Waals surface area contributed by atoms with E-state index in [1.165, 1.54) is 6.07 Å². The quantitative estimate of drug-likeness (QED) is 0.571. The number of carbonyl (C=O) groups is 2. The van der Waals surface area contributed by atoms with Crippen LogP contribution in [0.3, 0.4) is 0 Å². The highest BCUT2D eigenvalue weighted by Gasteiger charge is 2.40. The Bertz CT molecular complexity index is 800. The summed E-state index contributed by atoms with van der Waals surface area (Å²) in [7, 11) is -4.18. The Kier molecular flexibility index (Phi) is 6.56. The molecule has 1 aromatic carbocycles. The lowest BCUT2D eigenvalue weighted by Crippen LogP contribution is -2.57. The molecule has 7 nitrogen and oxygen atoms in total. The van der Waals surface area contributed by atoms with Crippen LogP contribution in [-0.4, -0.2) is 50.3 Å². The normalized spacial score (nSPS) is 18.7. The summed E-state index contributed by atoms with van der Waals surface area (Å²) in [4.78, 5) is 23.6. The fourth-order valence-corrected chi connectivity index (χ4v) is 4.95. The second-order valence-corrected chi connectivity index (χ2v) is 8.21. The van der Waals surface area contributed by atoms with Gasteiger partial charge in [-0.25, -0.2) is 8.42 Å². The molecule has 1 N–H and O–H groups in total. The maximum atomic E-state index is 13.0. The van der Waals surface area contributed by atoms with Crippen LogP contribution < -0.4 is 5.32 Å². The summed E-state index contributed by atoms with van der Waals surface area (Å²) in [5, 5.41) is 2.52. The molecular formula is C14H15Cl3N2O5S. The van der Waals surface area contributed by atoms with Crippen LogP contribution in [0.1, 0.15) is 13.3 Å². The molecule has 11 heteroatoms. The van der Waals surface area contributed by atoms with Crippen LogP contribution in [0.5, 0.6) is 0 Å². The van der Waals surface area contributed by atoms with Gasteiger partial charge in [-0.15, -0.1) is 0 Å². The van der Waals surface area contributed by atoms with E-state index in [-0.39, 0.29) is 39.7 Å². The average Bonchev–Trinajstić information content (AvgIpc) is 2.52. The van der Waals surface area contributed by atoms with Crippen molar-refractivity contribution in [1.29, 1.82) is 0 Å². The first-order chi connectivity index (χ1) is 11.7. The highest BCUT2D eigenvalue weighted by molar-refractivity contribution is 7.89. The van der Waals surface area contributed by atoms with Crippen molar-refractivity contribution in [2.75, 3.05) is 19.7 Å². The van der Waals surface area contributed by atoms with Crippen molar-refractivity contribution in [3.05, 3.63) is 27.2 Å². The Balaban J connectivity index is 2.42. The van der Waals surface area contributed by atoms with Gasteiger partial charge in [0.05, 0.1) is 28.1 Å². The molecule has 1 aromatic rings. The van der Waals surface area contributed by atoms with Gasteiger partial charge in [0.2, 0.25) is 15.9 Å². The number of esters is 1. The van der Waals surface area contributed by atoms with E-state index in [1.54, 1.807) is 6.92 Å². The van der Waals surface area contributed by atoms with E-state index in [4.69, 9.17) is 39.5 Å². The summed E-state index contributed by atoms with van der Waals surface area (Å²) >= 11 is 17.7. The van der Waals surface area contributed by atoms with Crippen molar-refractivity contribution in [3.8, 4) is 0 Å². The lowest BCUT2D eigenvalue weighted by Gasteiger charge is -2.33. The van der Waals surface area contributed by atoms with Crippen LogP contribution >= 0.6 is 34.8 Å². The molecule has 0 bridgehead atoms. The Morgan fingerprint density at radius 2 is 1.92 bits per heavy atom. The molecule has 0 spiro atoms. The molecule has 0 aliphatic carbocycles. The molecule has 1 heterocycles. The second kappa shape index (κ2) is 8.09. The monoisotopic (exact) mass is 428 g/mol. The van der Waals surface area contributed by atoms with Crippen LogP contribution in [-0.2, 0) is 24.3 Å². The Morgan fingerprint density at radius 1 is 1.28 bits per heavy atom. The number of sulfonamides is 1. The number of hydrogen-bond acceptors (Lipinski definition) is 5. The maximum Gasteiger partial charge on any atom is 0.307 e. The average molecular weight is 430 g/mol. The molecule has 2 rings (SSSR count). The molecule has 0 radical (unpaired) electrons. The molecule has 1 aliphatic rings. The SMILES string of the molecule is CCOC(=O)C[C@@H]1C(=O)NCCN1S(=O)(=O)c1cc(Cl)c(Cl)cc1Cl. The van der Waals surface area contributed by atoms with E-state index >= 15 is 0 Å². The summed E-state index contributed by atoms with van der Waals surface area (Å²) in [5.41, 5.74) is 0. The lowest BCUT2D eigenvalue weighted by molar-refractivity contribution is -0.146. The van der Waals surface area contributed by atoms with Crippen molar-refractivity contribution in [2.45, 2.75) is 24.3 Å². The van der Waals surface area contributed by atoms with Gasteiger partial charge in [-0.2, -0.15) is 4.31 Å². The molecule has 0 saturated carbocycles. The van der Waals surface area contributed by atoms with Gasteiger partial charge in [0.15, 0.2) is 0 Å². The largest absolute Gasteiger partial charge is 0.466 e. The minimum atomic E-state index is -4.18. The molecule has 138 valence electrons. The van der Waals surface area contributed by atoms with E-state index in [0.29, 0.717) is 0 Å². The van der Waals surface area contributed by atoms with E-state index in [1.807, 2.05) is 0 Å². The third kappa shape index (κ3) is 4.38. The number of halogens is 3. The number of piperazine rings is 1. The highest BCUT2D eigenvalue weighted by atomic mass is 35.5. The van der Waals surface area contributed by atoms with Gasteiger partial charge in [0.1, 0.15) is 10.9 Å². The molecular weight excluding hydrogens is 415 g/mol. The number of amides is 1. The predicted molar refractivity (Wildman–Crippen MR) is 93.4 cm³/mol. The van der Waals surface area contributed by atoms with Crippen molar-refractivity contribution >= 4 is 56.7 Å². The number of ether oxygens (including phenoxy) is 1. The molecule has 1 fully saturated rings. The minimum Gasteiger partial charge on any atom is -0.466 e. The van der Waals surface area contributed by atoms with Crippen LogP contribution in [0, 0.1) is 0 Å². The number of benzene rings is 1. The van der Waals surface area contributed by atoms with E-state index in [2.05, 4.69) is 5.32 Å². The first kappa shape index (κ1) is 20.3. The summed E-state index contributed by atoms with van der Waals surface area (Å²) in [6.45, 7) is 1.83. The third-order valence-corrected chi connectivity index (χ3v) is 6.60. The van der Waals surface area contributed by atoms with Crippen molar-refractivity contribution in [2.24, 2.45) is 0 Å². The number of nitrogens with one attached hydrogen (secondary N) is 1. The van der Waals surface area contributed by atoms with Gasteiger partial charge in [0.25, 0.3) is 0 Å². The minimum absolute atomic E-state index is 0.00745. The predicted octanol–water partition coefficient (Wildman–Crippen LogP) is 2.09. The van der Waals surface area contributed by atoms with E-state index in [0.717, 1.165) is 10.4 Å². The van der Waals surface area contributed by atoms with Gasteiger partial charge < -0.3 is 10.1 Å². The lowest BCUT2D eigenvalue weighted by atomic mass is 10.1. The molecule has 1 atom stereocenters. The Labute approximate surface area is 160 Å². The Morgan fingerprint density at radius 3 is 2.56 bits per heavy atom. The van der Waals surface area contributed by atoms with E-state index < -0.39 is 34.4 Å². The molecule has 0 unspecified atom stereocenters. The van der Waals surface area contributed by atoms with E-state index in [9.17, 15) is 18.0 Å². The van der Waals surface area contributed by atoms with Crippen LogP contribution in [0.25, 0.3) is 0 Å². The zero-order valence-electron chi connectivity index (χ0n) is 13.1. The molecule has 1 aliphatic heterocycles. The van der Waals surface area contributed by atoms with Gasteiger partial charge >= 0.3 is 5.97 Å². The summed E-state index contributed by atoms with van der Waals surface area (Å²) in [6, 6.07) is 1.10. The number of carbonyl (C=O) groups excluding carboxylic acids is 2. The van der Waals surface area contributed by atoms with Crippen LogP contribution in [0.15, 0.2) is 17.0 Å². The van der Waals surface area contributed by atoms with Gasteiger partial charge in [0, 0.05) is 13.1 Å². The van der Waals surface area contributed by atoms with Crippen LogP contribution in [0.2, 0.25) is 15.1 Å². The Hall–Kier alpha value is -1.06. The topological polar surface area (TPSA) is 92.8 Å². The smallest absolute Gasteiger partial charge is 0.307 e. The van der Waals surface area contributed by atoms with Crippen molar-refractivity contribution in [3.63, 3.8) is 0 Å². The fourth-order valence-electron chi connectivity index (χ4n) is 2.38. The maximum absolute atomic E-state index is 13.0. The molecule has 0 aromatic heterocycles. The number of hydrogen-bond donors (Lipinski definition) is 1. The van der Waals surface area contributed by atoms with Gasteiger partial charge in [-0.1, -0.05) is 34.8 Å². The van der Waals surface area contributed by atoms with Gasteiger partial charge in [-0.3, -0.25) is 9.59 Å². The molecule has 1 amide bonds. The zero-order valence-corrected chi connectivity index (χ0v) is 16.2. The van der Waals surface area contributed by atoms with Crippen LogP contribution in [0.4, 0.5) is 0 Å². The summed E-state index contributed by atoms with van der Waals surface area (Å²) < 4.78 is 31.7. The summed E-state index contributed by atoms with van der Waals surface area (Å²) in [6.07, 6.45) is -0.405. The first-order valence-corrected chi connectivity index (χ1v) is 9.85. The number of nitrogens with zero attached hydrogens (tertiary/aromatic N) is 1. The highest BCUT2D eigenvalue weighted by Crippen LogP contribution is 2.34. The molecule has 1 saturated heterocycles. The first-order valence-electron chi connectivity index (χ1n) is 7.28. The number of rotatable bonds is 5. The zero-order chi connectivity index (χ0) is 18.8. The second-order valence-electron chi connectivity index (χ2n) is 5.13. The van der Waals surface area contributed by atoms with Crippen molar-refractivity contribution in [1.82, 2.24) is 9.62 Å². The molecule has 25 heavy (non-hydrogen) atoms. The fraction of sp³-hybridized carbons (Fsp3) is 0.429. The standard InChI is InChI=1S/C14H15Cl3N2O5S/c1-2-24-13(20)7-11-14(21)18-3-4-19(11)25(22,23)12-6-9(16)8(15)5-10(12)17/h5-6,11H,2-4,7H2,1H3,(H,18,21)/t11-/m1/s1. The summed E-state index contributed by atoms with van der Waals surface area (Å²) in [5.74, 6) is -1.26. The van der Waals surface area contributed by atoms with Crippen molar-refractivity contribution < 1.29 is 22.7 Å². The third-order valence-electron chi connectivity index (χ3n) is 3.51.